The zero-order chi connectivity index (χ0) is 34.2. The van der Waals surface area contributed by atoms with Crippen molar-refractivity contribution in [3.05, 3.63) is 29.8 Å². The van der Waals surface area contributed by atoms with Gasteiger partial charge in [-0.2, -0.15) is 39.5 Å². The average Bonchev–Trinajstić information content (AvgIpc) is 2.88. The molecule has 0 bridgehead atoms. The summed E-state index contributed by atoms with van der Waals surface area (Å²) in [5, 5.41) is 2.81. The van der Waals surface area contributed by atoms with Crippen molar-refractivity contribution in [2.24, 2.45) is 0 Å². The van der Waals surface area contributed by atoms with Gasteiger partial charge in [0.2, 0.25) is 6.29 Å². The number of nitrogens with zero attached hydrogens (tertiary/aromatic N) is 2. The van der Waals surface area contributed by atoms with Crippen molar-refractivity contribution >= 4 is 23.9 Å². The van der Waals surface area contributed by atoms with E-state index in [4.69, 9.17) is 14.2 Å². The molecule has 1 aromatic rings. The van der Waals surface area contributed by atoms with Crippen LogP contribution in [0.2, 0.25) is 0 Å². The first-order valence-electron chi connectivity index (χ1n) is 13.5. The lowest BCUT2D eigenvalue weighted by molar-refractivity contribution is -0.308. The van der Waals surface area contributed by atoms with Gasteiger partial charge >= 0.3 is 36.7 Å². The van der Waals surface area contributed by atoms with Gasteiger partial charge in [-0.15, -0.1) is 0 Å². The van der Waals surface area contributed by atoms with E-state index >= 15 is 0 Å². The molecule has 2 atom stereocenters. The smallest absolute Gasteiger partial charge is 0.431 e. The van der Waals surface area contributed by atoms with Crippen molar-refractivity contribution in [1.29, 1.82) is 0 Å². The Morgan fingerprint density at radius 2 is 1.38 bits per heavy atom. The van der Waals surface area contributed by atoms with Gasteiger partial charge in [-0.05, 0) is 26.3 Å². The number of rotatable bonds is 11. The predicted molar refractivity (Wildman–Crippen MR) is 137 cm³/mol. The van der Waals surface area contributed by atoms with E-state index < -0.39 is 87.5 Å². The highest BCUT2D eigenvalue weighted by atomic mass is 19.4. The number of para-hydroxylation sites is 1. The molecule has 10 nitrogen and oxygen atoms in total. The van der Waals surface area contributed by atoms with Crippen LogP contribution < -0.4 is 5.32 Å². The number of piperazine rings is 1. The Morgan fingerprint density at radius 1 is 0.800 bits per heavy atom. The van der Waals surface area contributed by atoms with Gasteiger partial charge in [0.1, 0.15) is 6.04 Å². The number of anilines is 1. The van der Waals surface area contributed by atoms with E-state index in [2.05, 4.69) is 10.1 Å². The molecule has 2 unspecified atom stereocenters. The van der Waals surface area contributed by atoms with E-state index in [1.807, 2.05) is 0 Å². The van der Waals surface area contributed by atoms with Crippen LogP contribution in [-0.2, 0) is 23.7 Å². The van der Waals surface area contributed by atoms with E-state index in [1.54, 1.807) is 13.8 Å². The second-order valence-corrected chi connectivity index (χ2v) is 10.0. The maximum absolute atomic E-state index is 14.3. The number of hydrogen-bond donors (Lipinski definition) is 1. The minimum Gasteiger partial charge on any atom is -0.431 e. The molecular weight excluding hydrogens is 637 g/mol. The Hall–Kier alpha value is -3.64. The Balaban J connectivity index is 2.00. The molecular formula is C26H32F9N3O7. The number of carbonyl (C=O) groups is 3. The summed E-state index contributed by atoms with van der Waals surface area (Å²) < 4.78 is 137. The van der Waals surface area contributed by atoms with E-state index in [0.29, 0.717) is 4.90 Å². The van der Waals surface area contributed by atoms with Crippen molar-refractivity contribution in [1.82, 2.24) is 9.80 Å². The van der Waals surface area contributed by atoms with Crippen LogP contribution >= 0.6 is 0 Å². The molecule has 1 aromatic carbocycles. The second-order valence-electron chi connectivity index (χ2n) is 10.0. The lowest BCUT2D eigenvalue weighted by Gasteiger charge is -2.40. The fourth-order valence-electron chi connectivity index (χ4n) is 4.21. The standard InChI is InChI=1S/C26H32F9N3O7/c1-15(2)42-23(41)44-16(3)43-19(39)9-6-10-36-18-8-5-4-7-17(18)20(24(27,28)29)37-11-13-38(14-12-37)22(40)45-21(25(30,31)32)26(33,34)35/h4-5,7-8,15-16,20-21,36H,6,9-14H2,1-3H3. The second kappa shape index (κ2) is 15.6. The van der Waals surface area contributed by atoms with Crippen LogP contribution in [0.1, 0.15) is 45.2 Å². The maximum atomic E-state index is 14.3. The number of ether oxygens (including phenoxy) is 4. The molecule has 0 aromatic heterocycles. The third-order valence-electron chi connectivity index (χ3n) is 6.08. The largest absolute Gasteiger partial charge is 0.511 e. The molecule has 1 saturated heterocycles. The predicted octanol–water partition coefficient (Wildman–Crippen LogP) is 6.18. The number of nitrogens with one attached hydrogen (secondary N) is 1. The van der Waals surface area contributed by atoms with E-state index in [9.17, 15) is 53.9 Å². The molecule has 1 fully saturated rings. The van der Waals surface area contributed by atoms with Crippen LogP contribution in [0.4, 0.5) is 54.8 Å². The molecule has 1 aliphatic heterocycles. The molecule has 256 valence electrons. The summed E-state index contributed by atoms with van der Waals surface area (Å²) >= 11 is 0. The molecule has 0 radical (unpaired) electrons. The Labute approximate surface area is 251 Å². The third kappa shape index (κ3) is 12.0. The van der Waals surface area contributed by atoms with E-state index in [0.717, 1.165) is 4.90 Å². The average molecular weight is 670 g/mol. The number of alkyl halides is 9. The summed E-state index contributed by atoms with van der Waals surface area (Å²) in [5.74, 6) is -0.753. The summed E-state index contributed by atoms with van der Waals surface area (Å²) in [7, 11) is 0. The zero-order valence-corrected chi connectivity index (χ0v) is 24.2. The first-order valence-corrected chi connectivity index (χ1v) is 13.5. The van der Waals surface area contributed by atoms with Gasteiger partial charge in [0.25, 0.3) is 6.10 Å². The summed E-state index contributed by atoms with van der Waals surface area (Å²) in [6.07, 6.45) is -25.9. The molecule has 1 heterocycles. The van der Waals surface area contributed by atoms with Crippen molar-refractivity contribution < 1.29 is 72.8 Å². The highest BCUT2D eigenvalue weighted by molar-refractivity contribution is 5.70. The highest BCUT2D eigenvalue weighted by Crippen LogP contribution is 2.41. The van der Waals surface area contributed by atoms with Crippen molar-refractivity contribution in [3.8, 4) is 0 Å². The van der Waals surface area contributed by atoms with Gasteiger partial charge in [-0.25, -0.2) is 9.59 Å². The molecule has 19 heteroatoms. The van der Waals surface area contributed by atoms with Crippen LogP contribution in [0.15, 0.2) is 24.3 Å². The lowest BCUT2D eigenvalue weighted by Crippen LogP contribution is -2.54. The fraction of sp³-hybridized carbons (Fsp3) is 0.654. The number of hydrogen-bond acceptors (Lipinski definition) is 9. The van der Waals surface area contributed by atoms with Gasteiger partial charge < -0.3 is 29.2 Å². The fourth-order valence-corrected chi connectivity index (χ4v) is 4.21. The van der Waals surface area contributed by atoms with E-state index in [1.165, 1.54) is 31.2 Å². The molecule has 1 amide bonds. The van der Waals surface area contributed by atoms with Crippen LogP contribution in [0.25, 0.3) is 0 Å². The SMILES string of the molecule is CC(C)OC(=O)OC(C)OC(=O)CCCNc1ccccc1C(N1CCN(C(=O)OC(C(F)(F)F)C(F)(F)F)CC1)C(F)(F)F. The van der Waals surface area contributed by atoms with Gasteiger partial charge in [-0.1, -0.05) is 18.2 Å². The Morgan fingerprint density at radius 3 is 1.91 bits per heavy atom. The first-order chi connectivity index (χ1) is 20.7. The molecule has 1 N–H and O–H groups in total. The van der Waals surface area contributed by atoms with E-state index in [-0.39, 0.29) is 30.6 Å². The van der Waals surface area contributed by atoms with Crippen molar-refractivity contribution in [3.63, 3.8) is 0 Å². The van der Waals surface area contributed by atoms with Crippen LogP contribution in [0.5, 0.6) is 0 Å². The normalized spacial score (nSPS) is 16.3. The van der Waals surface area contributed by atoms with Gasteiger partial charge in [0.05, 0.1) is 6.10 Å². The highest BCUT2D eigenvalue weighted by Gasteiger charge is 2.60. The van der Waals surface area contributed by atoms with Crippen molar-refractivity contribution in [2.45, 2.75) is 76.7 Å². The van der Waals surface area contributed by atoms with Gasteiger partial charge in [-0.3, -0.25) is 9.69 Å². The first kappa shape index (κ1) is 37.5. The lowest BCUT2D eigenvalue weighted by atomic mass is 10.0. The van der Waals surface area contributed by atoms with Crippen LogP contribution in [-0.4, -0.2) is 97.8 Å². The number of esters is 1. The maximum Gasteiger partial charge on any atom is 0.511 e. The number of amides is 1. The van der Waals surface area contributed by atoms with Crippen LogP contribution in [0.3, 0.4) is 0 Å². The Bertz CT molecular complexity index is 1120. The molecule has 0 spiro atoms. The topological polar surface area (TPSA) is 107 Å². The van der Waals surface area contributed by atoms with Gasteiger partial charge in [0.15, 0.2) is 0 Å². The minimum atomic E-state index is -5.94. The van der Waals surface area contributed by atoms with Crippen LogP contribution in [0, 0.1) is 0 Å². The summed E-state index contributed by atoms with van der Waals surface area (Å²) in [5.41, 5.74) is -0.204. The molecule has 1 aliphatic rings. The quantitative estimate of drug-likeness (QED) is 0.0973. The number of carbonyl (C=O) groups excluding carboxylic acids is 3. The monoisotopic (exact) mass is 669 g/mol. The third-order valence-corrected chi connectivity index (χ3v) is 6.08. The van der Waals surface area contributed by atoms with Crippen molar-refractivity contribution in [2.75, 3.05) is 38.0 Å². The minimum absolute atomic E-state index is 0.0144. The summed E-state index contributed by atoms with van der Waals surface area (Å²) in [4.78, 5) is 36.9. The molecule has 45 heavy (non-hydrogen) atoms. The number of halogens is 9. The summed E-state index contributed by atoms with van der Waals surface area (Å²) in [6, 6.07) is 3.07. The summed E-state index contributed by atoms with van der Waals surface area (Å²) in [6.45, 7) is 2.10. The molecule has 0 aliphatic carbocycles. The molecule has 2 rings (SSSR count). The molecule has 0 saturated carbocycles. The van der Waals surface area contributed by atoms with Gasteiger partial charge in [0, 0.05) is 57.3 Å². The number of benzene rings is 1. The zero-order valence-electron chi connectivity index (χ0n) is 24.2. The Kier molecular flexibility index (Phi) is 13.0.